The highest BCUT2D eigenvalue weighted by Gasteiger charge is 2.27. The van der Waals surface area contributed by atoms with Gasteiger partial charge in [-0.05, 0) is 60.6 Å². The summed E-state index contributed by atoms with van der Waals surface area (Å²) in [6.07, 6.45) is 3.53. The van der Waals surface area contributed by atoms with E-state index in [0.717, 1.165) is 23.3 Å². The molecule has 1 aliphatic heterocycles. The molecule has 39 heavy (non-hydrogen) atoms. The minimum absolute atomic E-state index is 0.0724. The number of nitrogens with two attached hydrogens (primary N) is 1. The fourth-order valence-electron chi connectivity index (χ4n) is 4.35. The molecule has 0 aliphatic carbocycles. The Hall–Kier alpha value is -4.44. The third-order valence-electron chi connectivity index (χ3n) is 6.44. The number of rotatable bonds is 9. The number of hydrogen-bond donors (Lipinski definition) is 1. The zero-order valence-corrected chi connectivity index (χ0v) is 21.8. The van der Waals surface area contributed by atoms with Crippen LogP contribution in [0, 0.1) is 11.6 Å². The van der Waals surface area contributed by atoms with Crippen molar-refractivity contribution in [3.8, 4) is 11.1 Å². The summed E-state index contributed by atoms with van der Waals surface area (Å²) in [5, 5.41) is 0.387. The number of aromatic nitrogens is 2. The van der Waals surface area contributed by atoms with E-state index in [1.807, 2.05) is 19.0 Å². The molecule has 202 valence electrons. The summed E-state index contributed by atoms with van der Waals surface area (Å²) in [6.45, 7) is 8.51. The van der Waals surface area contributed by atoms with Crippen LogP contribution in [0.4, 0.5) is 14.7 Å². The fourth-order valence-corrected chi connectivity index (χ4v) is 4.35. The molecule has 2 heterocycles. The molecule has 3 aromatic rings. The van der Waals surface area contributed by atoms with Gasteiger partial charge in [0.1, 0.15) is 12.3 Å². The molecule has 0 bridgehead atoms. The molecule has 4 rings (SSSR count). The van der Waals surface area contributed by atoms with Gasteiger partial charge in [0.15, 0.2) is 11.6 Å². The quantitative estimate of drug-likeness (QED) is 0.410. The topological polar surface area (TPSA) is 102 Å². The first kappa shape index (κ1) is 27.6. The first-order valence-corrected chi connectivity index (χ1v) is 12.2. The van der Waals surface area contributed by atoms with Crippen LogP contribution in [0.2, 0.25) is 0 Å². The van der Waals surface area contributed by atoms with Gasteiger partial charge in [-0.1, -0.05) is 31.4 Å². The highest BCUT2D eigenvalue weighted by atomic mass is 19.2. The highest BCUT2D eigenvalue weighted by molar-refractivity contribution is 6.06. The monoisotopic (exact) mass is 533 g/mol. The van der Waals surface area contributed by atoms with E-state index in [2.05, 4.69) is 23.1 Å². The maximum absolute atomic E-state index is 14.4. The average Bonchev–Trinajstić information content (AvgIpc) is 3.34. The van der Waals surface area contributed by atoms with E-state index in [1.165, 1.54) is 0 Å². The molecule has 0 saturated carbocycles. The van der Waals surface area contributed by atoms with Gasteiger partial charge >= 0.3 is 5.97 Å². The van der Waals surface area contributed by atoms with Gasteiger partial charge in [0.2, 0.25) is 5.95 Å². The largest absolute Gasteiger partial charge is 0.461 e. The van der Waals surface area contributed by atoms with Crippen molar-refractivity contribution < 1.29 is 23.1 Å². The third-order valence-corrected chi connectivity index (χ3v) is 6.44. The lowest BCUT2D eigenvalue weighted by atomic mass is 9.97. The van der Waals surface area contributed by atoms with E-state index in [9.17, 15) is 18.4 Å². The van der Waals surface area contributed by atoms with Crippen LogP contribution in [0.1, 0.15) is 22.5 Å². The van der Waals surface area contributed by atoms with Gasteiger partial charge in [-0.2, -0.15) is 0 Å². The molecular formula is C29H29F2N5O3. The normalized spacial score (nSPS) is 13.3. The third kappa shape index (κ3) is 6.01. The average molecular weight is 534 g/mol. The second-order valence-corrected chi connectivity index (χ2v) is 9.42. The SMILES string of the molecule is C=CC1=C(C=C)CN(C(=O)c2nc(N)nc3ccc(-c4cc(F)c(F)cc4COC(=O)CCN(C)C)cc23)C1. The molecule has 2 N–H and O–H groups in total. The molecule has 2 aromatic carbocycles. The van der Waals surface area contributed by atoms with Crippen LogP contribution < -0.4 is 5.73 Å². The summed E-state index contributed by atoms with van der Waals surface area (Å²) < 4.78 is 33.9. The molecule has 8 nitrogen and oxygen atoms in total. The Morgan fingerprint density at radius 3 is 2.38 bits per heavy atom. The second kappa shape index (κ2) is 11.5. The first-order chi connectivity index (χ1) is 18.6. The van der Waals surface area contributed by atoms with Crippen molar-refractivity contribution in [2.24, 2.45) is 0 Å². The second-order valence-electron chi connectivity index (χ2n) is 9.42. The molecule has 0 radical (unpaired) electrons. The van der Waals surface area contributed by atoms with Gasteiger partial charge in [-0.15, -0.1) is 0 Å². The summed E-state index contributed by atoms with van der Waals surface area (Å²) >= 11 is 0. The number of carbonyl (C=O) groups excluding carboxylic acids is 2. The summed E-state index contributed by atoms with van der Waals surface area (Å²) in [4.78, 5) is 37.6. The Balaban J connectivity index is 1.72. The summed E-state index contributed by atoms with van der Waals surface area (Å²) in [7, 11) is 3.65. The van der Waals surface area contributed by atoms with Crippen molar-refractivity contribution in [3.63, 3.8) is 0 Å². The maximum atomic E-state index is 14.4. The smallest absolute Gasteiger partial charge is 0.307 e. The lowest BCUT2D eigenvalue weighted by Crippen LogP contribution is -2.30. The molecule has 0 spiro atoms. The van der Waals surface area contributed by atoms with Crippen molar-refractivity contribution in [3.05, 3.63) is 89.7 Å². The van der Waals surface area contributed by atoms with Gasteiger partial charge in [0, 0.05) is 30.6 Å². The summed E-state index contributed by atoms with van der Waals surface area (Å²) in [5.74, 6) is -3.04. The Bertz CT molecular complexity index is 1500. The van der Waals surface area contributed by atoms with Gasteiger partial charge in [0.25, 0.3) is 5.91 Å². The molecule has 0 fully saturated rings. The predicted molar refractivity (Wildman–Crippen MR) is 146 cm³/mol. The standard InChI is InChI=1S/C29H29F2N5O3/c1-5-17-14-36(15-18(17)6-2)28(38)27-22-11-19(7-8-25(22)33-29(32)34-27)21-13-24(31)23(30)12-20(21)16-39-26(37)9-10-35(3)4/h5-8,11-13H,1-2,9-10,14-16H2,3-4H3,(H2,32,33,34). The lowest BCUT2D eigenvalue weighted by Gasteiger charge is -2.18. The van der Waals surface area contributed by atoms with E-state index >= 15 is 0 Å². The summed E-state index contributed by atoms with van der Waals surface area (Å²) in [6, 6.07) is 6.94. The number of hydrogen-bond acceptors (Lipinski definition) is 7. The number of ether oxygens (including phenoxy) is 1. The molecule has 0 saturated heterocycles. The van der Waals surface area contributed by atoms with Gasteiger partial charge < -0.3 is 20.3 Å². The van der Waals surface area contributed by atoms with Crippen molar-refractivity contribution in [1.82, 2.24) is 19.8 Å². The van der Waals surface area contributed by atoms with Crippen LogP contribution in [0.3, 0.4) is 0 Å². The number of anilines is 1. The van der Waals surface area contributed by atoms with Crippen LogP contribution >= 0.6 is 0 Å². The van der Waals surface area contributed by atoms with Crippen LogP contribution in [0.15, 0.2) is 66.8 Å². The molecule has 1 aromatic heterocycles. The number of fused-ring (bicyclic) bond motifs is 1. The predicted octanol–water partition coefficient (Wildman–Crippen LogP) is 4.28. The van der Waals surface area contributed by atoms with E-state index in [-0.39, 0.29) is 36.1 Å². The molecule has 0 atom stereocenters. The summed E-state index contributed by atoms with van der Waals surface area (Å²) in [5.41, 5.74) is 9.20. The highest BCUT2D eigenvalue weighted by Crippen LogP contribution is 2.31. The van der Waals surface area contributed by atoms with Crippen molar-refractivity contribution in [2.45, 2.75) is 13.0 Å². The lowest BCUT2D eigenvalue weighted by molar-refractivity contribution is -0.145. The van der Waals surface area contributed by atoms with Gasteiger partial charge in [-0.3, -0.25) is 9.59 Å². The molecule has 1 amide bonds. The van der Waals surface area contributed by atoms with E-state index in [0.29, 0.717) is 41.7 Å². The Labute approximate surface area is 225 Å². The van der Waals surface area contributed by atoms with Crippen molar-refractivity contribution in [2.75, 3.05) is 39.5 Å². The number of esters is 1. The minimum Gasteiger partial charge on any atom is -0.461 e. The molecule has 10 heteroatoms. The number of carbonyl (C=O) groups is 2. The number of amides is 1. The number of nitrogen functional groups attached to an aromatic ring is 1. The maximum Gasteiger partial charge on any atom is 0.307 e. The Morgan fingerprint density at radius 1 is 1.08 bits per heavy atom. The van der Waals surface area contributed by atoms with Crippen molar-refractivity contribution in [1.29, 1.82) is 0 Å². The van der Waals surface area contributed by atoms with E-state index in [1.54, 1.807) is 35.3 Å². The zero-order chi connectivity index (χ0) is 28.3. The van der Waals surface area contributed by atoms with Gasteiger partial charge in [-0.25, -0.2) is 18.7 Å². The van der Waals surface area contributed by atoms with E-state index < -0.39 is 17.6 Å². The van der Waals surface area contributed by atoms with Crippen LogP contribution in [0.5, 0.6) is 0 Å². The zero-order valence-electron chi connectivity index (χ0n) is 21.8. The van der Waals surface area contributed by atoms with Crippen molar-refractivity contribution >= 4 is 28.7 Å². The van der Waals surface area contributed by atoms with Crippen LogP contribution in [-0.4, -0.2) is 65.4 Å². The number of halogens is 2. The van der Waals surface area contributed by atoms with E-state index in [4.69, 9.17) is 10.5 Å². The fraction of sp³-hybridized carbons (Fsp3) is 0.241. The molecular weight excluding hydrogens is 504 g/mol. The Kier molecular flexibility index (Phi) is 8.15. The Morgan fingerprint density at radius 2 is 1.74 bits per heavy atom. The molecule has 0 unspecified atom stereocenters. The van der Waals surface area contributed by atoms with Crippen LogP contribution in [0.25, 0.3) is 22.0 Å². The number of benzene rings is 2. The first-order valence-electron chi connectivity index (χ1n) is 12.2. The number of nitrogens with zero attached hydrogens (tertiary/aromatic N) is 4. The van der Waals surface area contributed by atoms with Gasteiger partial charge in [0.05, 0.1) is 11.9 Å². The molecule has 1 aliphatic rings. The minimum atomic E-state index is -1.07. The van der Waals surface area contributed by atoms with Crippen LogP contribution in [-0.2, 0) is 16.1 Å².